The van der Waals surface area contributed by atoms with Crippen molar-refractivity contribution in [2.75, 3.05) is 63.9 Å². The molecule has 2 fully saturated rings. The highest BCUT2D eigenvalue weighted by Crippen LogP contribution is 2.18. The standard InChI is InChI=1S/C25H34N6O3/c32-23(9-20-34-22-5-2-1-3-6-22)30-13-7-21(8-14-30)24(33)26-12-15-29-16-18-31(19-17-29)25-27-10-4-11-28-25/h1-6,10-11,21H,7-9,12-20H2,(H,26,33). The summed E-state index contributed by atoms with van der Waals surface area (Å²) in [5.74, 6) is 1.74. The third kappa shape index (κ3) is 6.90. The number of benzene rings is 1. The monoisotopic (exact) mass is 466 g/mol. The number of nitrogens with one attached hydrogen (secondary N) is 1. The maximum atomic E-state index is 12.6. The summed E-state index contributed by atoms with van der Waals surface area (Å²) in [5, 5.41) is 3.10. The van der Waals surface area contributed by atoms with Crippen molar-refractivity contribution in [3.63, 3.8) is 0 Å². The normalized spacial score (nSPS) is 17.4. The number of hydrogen-bond donors (Lipinski definition) is 1. The Balaban J connectivity index is 1.07. The lowest BCUT2D eigenvalue weighted by Gasteiger charge is -2.35. The molecule has 0 aliphatic carbocycles. The van der Waals surface area contributed by atoms with Gasteiger partial charge in [-0.2, -0.15) is 0 Å². The SMILES string of the molecule is O=C(NCCN1CCN(c2ncccn2)CC1)C1CCN(C(=O)CCOc2ccccc2)CC1. The van der Waals surface area contributed by atoms with Crippen molar-refractivity contribution < 1.29 is 14.3 Å². The summed E-state index contributed by atoms with van der Waals surface area (Å²) in [6.45, 7) is 6.77. The van der Waals surface area contributed by atoms with Gasteiger partial charge in [0.25, 0.3) is 0 Å². The van der Waals surface area contributed by atoms with Gasteiger partial charge >= 0.3 is 0 Å². The predicted molar refractivity (Wildman–Crippen MR) is 130 cm³/mol. The number of piperidine rings is 1. The van der Waals surface area contributed by atoms with E-state index in [9.17, 15) is 9.59 Å². The highest BCUT2D eigenvalue weighted by atomic mass is 16.5. The number of hydrogen-bond acceptors (Lipinski definition) is 7. The Labute approximate surface area is 201 Å². The summed E-state index contributed by atoms with van der Waals surface area (Å²) in [5.41, 5.74) is 0. The second-order valence-corrected chi connectivity index (χ2v) is 8.74. The molecule has 0 bridgehead atoms. The maximum Gasteiger partial charge on any atom is 0.225 e. The number of nitrogens with zero attached hydrogens (tertiary/aromatic N) is 5. The number of rotatable bonds is 9. The number of para-hydroxylation sites is 1. The molecule has 9 heteroatoms. The van der Waals surface area contributed by atoms with Crippen LogP contribution in [0.15, 0.2) is 48.8 Å². The molecule has 0 atom stereocenters. The van der Waals surface area contributed by atoms with Crippen LogP contribution in [-0.2, 0) is 9.59 Å². The zero-order valence-corrected chi connectivity index (χ0v) is 19.6. The van der Waals surface area contributed by atoms with Crippen LogP contribution < -0.4 is 15.0 Å². The minimum Gasteiger partial charge on any atom is -0.493 e. The molecule has 2 aliphatic heterocycles. The van der Waals surface area contributed by atoms with E-state index in [-0.39, 0.29) is 17.7 Å². The number of carbonyl (C=O) groups excluding carboxylic acids is 2. The van der Waals surface area contributed by atoms with Crippen molar-refractivity contribution in [2.24, 2.45) is 5.92 Å². The van der Waals surface area contributed by atoms with Crippen LogP contribution in [0.3, 0.4) is 0 Å². The lowest BCUT2D eigenvalue weighted by Crippen LogP contribution is -2.49. The van der Waals surface area contributed by atoms with Gasteiger partial charge in [0.2, 0.25) is 17.8 Å². The molecule has 3 heterocycles. The highest BCUT2D eigenvalue weighted by molar-refractivity contribution is 5.80. The van der Waals surface area contributed by atoms with Gasteiger partial charge in [-0.3, -0.25) is 14.5 Å². The van der Waals surface area contributed by atoms with Crippen LogP contribution in [0.5, 0.6) is 5.75 Å². The molecule has 1 N–H and O–H groups in total. The topological polar surface area (TPSA) is 90.9 Å². The third-order valence-electron chi connectivity index (χ3n) is 6.48. The molecule has 0 unspecified atom stereocenters. The van der Waals surface area contributed by atoms with Crippen LogP contribution in [0.4, 0.5) is 5.95 Å². The quantitative estimate of drug-likeness (QED) is 0.598. The van der Waals surface area contributed by atoms with Gasteiger partial charge in [0, 0.05) is 70.7 Å². The van der Waals surface area contributed by atoms with E-state index in [0.29, 0.717) is 45.5 Å². The molecule has 4 rings (SSSR count). The van der Waals surface area contributed by atoms with E-state index in [4.69, 9.17) is 4.74 Å². The van der Waals surface area contributed by atoms with E-state index in [1.807, 2.05) is 41.3 Å². The minimum atomic E-state index is -0.0169. The average Bonchev–Trinajstić information content (AvgIpc) is 2.90. The molecule has 9 nitrogen and oxygen atoms in total. The zero-order chi connectivity index (χ0) is 23.6. The van der Waals surface area contributed by atoms with Crippen LogP contribution in [0.2, 0.25) is 0 Å². The second-order valence-electron chi connectivity index (χ2n) is 8.74. The van der Waals surface area contributed by atoms with Crippen molar-refractivity contribution >= 4 is 17.8 Å². The molecule has 0 radical (unpaired) electrons. The number of carbonyl (C=O) groups is 2. The second kappa shape index (κ2) is 12.3. The molecule has 0 saturated carbocycles. The highest BCUT2D eigenvalue weighted by Gasteiger charge is 2.27. The number of piperazine rings is 1. The van der Waals surface area contributed by atoms with Gasteiger partial charge in [0.1, 0.15) is 5.75 Å². The number of ether oxygens (including phenoxy) is 1. The third-order valence-corrected chi connectivity index (χ3v) is 6.48. The molecule has 2 aliphatic rings. The van der Waals surface area contributed by atoms with Crippen LogP contribution in [0.1, 0.15) is 19.3 Å². The Morgan fingerprint density at radius 1 is 0.941 bits per heavy atom. The number of anilines is 1. The van der Waals surface area contributed by atoms with Crippen LogP contribution >= 0.6 is 0 Å². The molecule has 1 aromatic carbocycles. The van der Waals surface area contributed by atoms with Crippen molar-refractivity contribution in [1.82, 2.24) is 25.1 Å². The van der Waals surface area contributed by atoms with Crippen molar-refractivity contribution in [3.8, 4) is 5.75 Å². The molecule has 182 valence electrons. The summed E-state index contributed by atoms with van der Waals surface area (Å²) < 4.78 is 5.63. The lowest BCUT2D eigenvalue weighted by atomic mass is 9.95. The summed E-state index contributed by atoms with van der Waals surface area (Å²) in [4.78, 5) is 40.1. The van der Waals surface area contributed by atoms with Crippen molar-refractivity contribution in [2.45, 2.75) is 19.3 Å². The maximum absolute atomic E-state index is 12.6. The van der Waals surface area contributed by atoms with E-state index in [0.717, 1.165) is 44.4 Å². The van der Waals surface area contributed by atoms with E-state index >= 15 is 0 Å². The Morgan fingerprint density at radius 2 is 1.65 bits per heavy atom. The number of amides is 2. The summed E-state index contributed by atoms with van der Waals surface area (Å²) >= 11 is 0. The summed E-state index contributed by atoms with van der Waals surface area (Å²) in [7, 11) is 0. The van der Waals surface area contributed by atoms with Gasteiger partial charge in [0.15, 0.2) is 0 Å². The van der Waals surface area contributed by atoms with Crippen molar-refractivity contribution in [1.29, 1.82) is 0 Å². The molecule has 34 heavy (non-hydrogen) atoms. The van der Waals surface area contributed by atoms with E-state index in [2.05, 4.69) is 25.1 Å². The van der Waals surface area contributed by atoms with Gasteiger partial charge in [-0.05, 0) is 31.0 Å². The predicted octanol–water partition coefficient (Wildman–Crippen LogP) is 1.42. The fraction of sp³-hybridized carbons (Fsp3) is 0.520. The zero-order valence-electron chi connectivity index (χ0n) is 19.6. The molecule has 2 saturated heterocycles. The first-order chi connectivity index (χ1) is 16.7. The number of aromatic nitrogens is 2. The van der Waals surface area contributed by atoms with Gasteiger partial charge in [0.05, 0.1) is 13.0 Å². The Morgan fingerprint density at radius 3 is 2.35 bits per heavy atom. The fourth-order valence-corrected chi connectivity index (χ4v) is 4.43. The van der Waals surface area contributed by atoms with Crippen LogP contribution in [0.25, 0.3) is 0 Å². The first-order valence-corrected chi connectivity index (χ1v) is 12.2. The van der Waals surface area contributed by atoms with Gasteiger partial charge in [-0.15, -0.1) is 0 Å². The van der Waals surface area contributed by atoms with Gasteiger partial charge in [-0.1, -0.05) is 18.2 Å². The molecular weight excluding hydrogens is 432 g/mol. The largest absolute Gasteiger partial charge is 0.493 e. The number of likely N-dealkylation sites (tertiary alicyclic amines) is 1. The first-order valence-electron chi connectivity index (χ1n) is 12.2. The van der Waals surface area contributed by atoms with Gasteiger partial charge in [-0.25, -0.2) is 9.97 Å². The molecule has 1 aromatic heterocycles. The van der Waals surface area contributed by atoms with Gasteiger partial charge < -0.3 is 19.9 Å². The summed E-state index contributed by atoms with van der Waals surface area (Å²) in [6.07, 6.45) is 5.32. The van der Waals surface area contributed by atoms with E-state index < -0.39 is 0 Å². The fourth-order valence-electron chi connectivity index (χ4n) is 4.43. The molecule has 0 spiro atoms. The van der Waals surface area contributed by atoms with E-state index in [1.165, 1.54) is 0 Å². The smallest absolute Gasteiger partial charge is 0.225 e. The summed E-state index contributed by atoms with van der Waals surface area (Å²) in [6, 6.07) is 11.3. The molecular formula is C25H34N6O3. The van der Waals surface area contributed by atoms with E-state index in [1.54, 1.807) is 12.4 Å². The van der Waals surface area contributed by atoms with Crippen LogP contribution in [-0.4, -0.2) is 90.5 Å². The molecule has 2 amide bonds. The average molecular weight is 467 g/mol. The Hall–Kier alpha value is -3.20. The van der Waals surface area contributed by atoms with Crippen LogP contribution in [0, 0.1) is 5.92 Å². The minimum absolute atomic E-state index is 0.0169. The molecule has 2 aromatic rings. The Kier molecular flexibility index (Phi) is 8.67. The first kappa shape index (κ1) is 23.9. The van der Waals surface area contributed by atoms with Crippen molar-refractivity contribution in [3.05, 3.63) is 48.8 Å². The lowest BCUT2D eigenvalue weighted by molar-refractivity contribution is -0.136. The Bertz CT molecular complexity index is 897.